The van der Waals surface area contributed by atoms with Crippen molar-refractivity contribution in [2.75, 3.05) is 7.05 Å². The maximum absolute atomic E-state index is 12.3. The van der Waals surface area contributed by atoms with Crippen LogP contribution >= 0.6 is 11.3 Å². The van der Waals surface area contributed by atoms with E-state index in [2.05, 4.69) is 29.0 Å². The molecule has 0 bridgehead atoms. The average Bonchev–Trinajstić information content (AvgIpc) is 3.04. The van der Waals surface area contributed by atoms with E-state index < -0.39 is 0 Å². The van der Waals surface area contributed by atoms with Gasteiger partial charge in [-0.2, -0.15) is 5.10 Å². The molecule has 0 aliphatic heterocycles. The molecule has 2 aromatic rings. The highest BCUT2D eigenvalue weighted by Crippen LogP contribution is 2.20. The highest BCUT2D eigenvalue weighted by atomic mass is 32.1. The van der Waals surface area contributed by atoms with Crippen molar-refractivity contribution in [3.05, 3.63) is 33.0 Å². The number of carbonyl (C=O) groups is 1. The van der Waals surface area contributed by atoms with Gasteiger partial charge in [-0.15, -0.1) is 11.3 Å². The first-order valence-corrected chi connectivity index (χ1v) is 8.45. The van der Waals surface area contributed by atoms with Gasteiger partial charge in [-0.05, 0) is 25.8 Å². The molecule has 0 radical (unpaired) electrons. The number of thiazole rings is 1. The van der Waals surface area contributed by atoms with Crippen molar-refractivity contribution in [3.63, 3.8) is 0 Å². The molecule has 0 aliphatic rings. The Balaban J connectivity index is 1.89. The molecule has 6 heteroatoms. The van der Waals surface area contributed by atoms with Crippen LogP contribution in [-0.2, 0) is 17.8 Å². The van der Waals surface area contributed by atoms with Crippen LogP contribution in [0.3, 0.4) is 0 Å². The smallest absolute Gasteiger partial charge is 0.222 e. The lowest BCUT2D eigenvalue weighted by Crippen LogP contribution is -2.26. The fourth-order valence-corrected chi connectivity index (χ4v) is 3.18. The molecule has 2 heterocycles. The summed E-state index contributed by atoms with van der Waals surface area (Å²) in [5.74, 6) is 0.575. The zero-order valence-corrected chi connectivity index (χ0v) is 14.8. The van der Waals surface area contributed by atoms with E-state index in [1.54, 1.807) is 16.2 Å². The number of aryl methyl sites for hydroxylation is 2. The zero-order chi connectivity index (χ0) is 16.3. The molecule has 0 atom stereocenters. The number of hydrogen-bond donors (Lipinski definition) is 1. The fourth-order valence-electron chi connectivity index (χ4n) is 2.36. The molecule has 2 aromatic heterocycles. The van der Waals surface area contributed by atoms with Gasteiger partial charge in [-0.3, -0.25) is 9.89 Å². The van der Waals surface area contributed by atoms with Crippen LogP contribution in [0.1, 0.15) is 53.8 Å². The average molecular weight is 320 g/mol. The maximum atomic E-state index is 12.3. The molecule has 5 nitrogen and oxygen atoms in total. The monoisotopic (exact) mass is 320 g/mol. The van der Waals surface area contributed by atoms with Gasteiger partial charge in [0.05, 0.1) is 22.9 Å². The van der Waals surface area contributed by atoms with E-state index in [1.165, 1.54) is 0 Å². The van der Waals surface area contributed by atoms with E-state index in [4.69, 9.17) is 0 Å². The lowest BCUT2D eigenvalue weighted by atomic mass is 10.1. The molecule has 2 rings (SSSR count). The van der Waals surface area contributed by atoms with Gasteiger partial charge in [-0.1, -0.05) is 13.8 Å². The molecule has 0 spiro atoms. The first-order valence-electron chi connectivity index (χ1n) is 7.57. The van der Waals surface area contributed by atoms with Crippen LogP contribution in [0.25, 0.3) is 0 Å². The van der Waals surface area contributed by atoms with Gasteiger partial charge >= 0.3 is 0 Å². The molecule has 0 saturated carbocycles. The second-order valence-corrected chi connectivity index (χ2v) is 6.88. The second kappa shape index (κ2) is 7.05. The quantitative estimate of drug-likeness (QED) is 0.889. The van der Waals surface area contributed by atoms with Crippen LogP contribution in [-0.4, -0.2) is 33.0 Å². The predicted octanol–water partition coefficient (Wildman–Crippen LogP) is 3.20. The van der Waals surface area contributed by atoms with Crippen LogP contribution in [0.2, 0.25) is 0 Å². The largest absolute Gasteiger partial charge is 0.340 e. The number of carbonyl (C=O) groups excluding carboxylic acids is 1. The molecule has 22 heavy (non-hydrogen) atoms. The standard InChI is InChI=1S/C16H24N4OS/c1-10(2)16-17-13(9-22-16)8-20(5)15(21)7-6-14-11(3)18-19-12(14)4/h9-10H,6-8H2,1-5H3,(H,18,19). The van der Waals surface area contributed by atoms with E-state index in [-0.39, 0.29) is 5.91 Å². The molecule has 0 aliphatic carbocycles. The van der Waals surface area contributed by atoms with Crippen molar-refractivity contribution < 1.29 is 4.79 Å². The third kappa shape index (κ3) is 3.94. The van der Waals surface area contributed by atoms with Gasteiger partial charge in [0.2, 0.25) is 5.91 Å². The van der Waals surface area contributed by atoms with Crippen LogP contribution in [0.15, 0.2) is 5.38 Å². The summed E-state index contributed by atoms with van der Waals surface area (Å²) in [4.78, 5) is 18.6. The number of rotatable bonds is 6. The molecule has 0 aromatic carbocycles. The van der Waals surface area contributed by atoms with Crippen LogP contribution in [0.4, 0.5) is 0 Å². The second-order valence-electron chi connectivity index (χ2n) is 5.99. The first-order chi connectivity index (χ1) is 10.4. The van der Waals surface area contributed by atoms with Crippen molar-refractivity contribution in [2.24, 2.45) is 0 Å². The number of aromatic amines is 1. The third-order valence-electron chi connectivity index (χ3n) is 3.76. The van der Waals surface area contributed by atoms with Gasteiger partial charge in [-0.25, -0.2) is 4.98 Å². The summed E-state index contributed by atoms with van der Waals surface area (Å²) < 4.78 is 0. The van der Waals surface area contributed by atoms with Crippen LogP contribution in [0, 0.1) is 13.8 Å². The lowest BCUT2D eigenvalue weighted by molar-refractivity contribution is -0.130. The van der Waals surface area contributed by atoms with E-state index in [1.807, 2.05) is 26.3 Å². The Labute approximate surface area is 135 Å². The van der Waals surface area contributed by atoms with Crippen molar-refractivity contribution >= 4 is 17.2 Å². The zero-order valence-electron chi connectivity index (χ0n) is 13.9. The summed E-state index contributed by atoms with van der Waals surface area (Å²) >= 11 is 1.67. The summed E-state index contributed by atoms with van der Waals surface area (Å²) in [5.41, 5.74) is 4.15. The number of hydrogen-bond acceptors (Lipinski definition) is 4. The summed E-state index contributed by atoms with van der Waals surface area (Å²) in [6.07, 6.45) is 1.23. The van der Waals surface area contributed by atoms with E-state index >= 15 is 0 Å². The van der Waals surface area contributed by atoms with Crippen molar-refractivity contribution in [1.29, 1.82) is 0 Å². The topological polar surface area (TPSA) is 61.9 Å². The normalized spacial score (nSPS) is 11.2. The third-order valence-corrected chi connectivity index (χ3v) is 4.95. The molecular formula is C16H24N4OS. The van der Waals surface area contributed by atoms with Gasteiger partial charge < -0.3 is 4.90 Å². The van der Waals surface area contributed by atoms with E-state index in [0.717, 1.165) is 34.1 Å². The first kappa shape index (κ1) is 16.7. The highest BCUT2D eigenvalue weighted by Gasteiger charge is 2.14. The van der Waals surface area contributed by atoms with Crippen LogP contribution in [0.5, 0.6) is 0 Å². The Hall–Kier alpha value is -1.69. The Kier molecular flexibility index (Phi) is 5.34. The molecule has 0 unspecified atom stereocenters. The molecule has 1 amide bonds. The fraction of sp³-hybridized carbons (Fsp3) is 0.562. The Bertz CT molecular complexity index is 625. The van der Waals surface area contributed by atoms with E-state index in [0.29, 0.717) is 18.9 Å². The SMILES string of the molecule is Cc1n[nH]c(C)c1CCC(=O)N(C)Cc1csc(C(C)C)n1. The van der Waals surface area contributed by atoms with Crippen LogP contribution < -0.4 is 0 Å². The van der Waals surface area contributed by atoms with Gasteiger partial charge in [0.1, 0.15) is 0 Å². The van der Waals surface area contributed by atoms with Crippen molar-refractivity contribution in [1.82, 2.24) is 20.1 Å². The maximum Gasteiger partial charge on any atom is 0.222 e. The minimum absolute atomic E-state index is 0.138. The number of nitrogens with one attached hydrogen (secondary N) is 1. The van der Waals surface area contributed by atoms with E-state index in [9.17, 15) is 4.79 Å². The molecular weight excluding hydrogens is 296 g/mol. The number of H-pyrrole nitrogens is 1. The molecule has 120 valence electrons. The predicted molar refractivity (Wildman–Crippen MR) is 89.1 cm³/mol. The Morgan fingerprint density at radius 2 is 2.14 bits per heavy atom. The van der Waals surface area contributed by atoms with Crippen molar-refractivity contribution in [3.8, 4) is 0 Å². The van der Waals surface area contributed by atoms with Crippen molar-refractivity contribution in [2.45, 2.75) is 53.0 Å². The molecule has 0 fully saturated rings. The minimum Gasteiger partial charge on any atom is -0.340 e. The number of amides is 1. The van der Waals surface area contributed by atoms with Gasteiger partial charge in [0, 0.05) is 30.5 Å². The molecule has 1 N–H and O–H groups in total. The summed E-state index contributed by atoms with van der Waals surface area (Å²) in [6.45, 7) is 8.80. The summed E-state index contributed by atoms with van der Waals surface area (Å²) in [7, 11) is 1.84. The number of nitrogens with zero attached hydrogens (tertiary/aromatic N) is 3. The van der Waals surface area contributed by atoms with Gasteiger partial charge in [0.25, 0.3) is 0 Å². The Morgan fingerprint density at radius 3 is 2.68 bits per heavy atom. The number of aromatic nitrogens is 3. The van der Waals surface area contributed by atoms with Gasteiger partial charge in [0.15, 0.2) is 0 Å². The lowest BCUT2D eigenvalue weighted by Gasteiger charge is -2.16. The summed E-state index contributed by atoms with van der Waals surface area (Å²) in [6, 6.07) is 0. The Morgan fingerprint density at radius 1 is 1.41 bits per heavy atom. The highest BCUT2D eigenvalue weighted by molar-refractivity contribution is 7.09. The minimum atomic E-state index is 0.138. The summed E-state index contributed by atoms with van der Waals surface area (Å²) in [5, 5.41) is 10.3. The molecule has 0 saturated heterocycles.